The highest BCUT2D eigenvalue weighted by Crippen LogP contribution is 2.57. The Hall–Kier alpha value is 0.110. The van der Waals surface area contributed by atoms with Gasteiger partial charge in [-0.25, -0.2) is 4.57 Å². The molecular weight excluding hydrogens is 239 g/mol. The van der Waals surface area contributed by atoms with E-state index >= 15 is 0 Å². The third-order valence-corrected chi connectivity index (χ3v) is 4.63. The molecule has 0 aliphatic rings. The monoisotopic (exact) mass is 266 g/mol. The Morgan fingerprint density at radius 1 is 1.00 bits per heavy atom. The molecule has 0 saturated carbocycles. The second kappa shape index (κ2) is 5.00. The zero-order chi connectivity index (χ0) is 14.1. The molecule has 0 rings (SSSR count). The van der Waals surface area contributed by atoms with Crippen molar-refractivity contribution < 1.29 is 18.5 Å². The van der Waals surface area contributed by atoms with Crippen molar-refractivity contribution in [3.63, 3.8) is 0 Å². The fourth-order valence-electron chi connectivity index (χ4n) is 1.82. The first kappa shape index (κ1) is 17.1. The van der Waals surface area contributed by atoms with E-state index in [1.807, 2.05) is 48.5 Å². The molecule has 0 aromatic carbocycles. The number of phosphoric ester groups is 1. The molecule has 0 radical (unpaired) electrons. The van der Waals surface area contributed by atoms with Gasteiger partial charge in [-0.05, 0) is 24.7 Å². The van der Waals surface area contributed by atoms with Crippen LogP contribution in [-0.4, -0.2) is 17.1 Å². The average Bonchev–Trinajstić information content (AvgIpc) is 1.97. The first-order valence-corrected chi connectivity index (χ1v) is 7.44. The molecule has 0 saturated heterocycles. The fourth-order valence-corrected chi connectivity index (χ4v) is 3.21. The topological polar surface area (TPSA) is 55.8 Å². The van der Waals surface area contributed by atoms with Gasteiger partial charge in [0, 0.05) is 0 Å². The molecular formula is C12H27O4P. The standard InChI is InChI=1S/C12H27O4P/c1-9-15-17(13,14)16-12(8,10(2,3)4)11(5,6)7/h9H2,1-8H3,(H,13,14). The molecule has 1 N–H and O–H groups in total. The van der Waals surface area contributed by atoms with Gasteiger partial charge in [0.25, 0.3) is 0 Å². The summed E-state index contributed by atoms with van der Waals surface area (Å²) in [5.74, 6) is 0. The molecule has 104 valence electrons. The van der Waals surface area contributed by atoms with E-state index in [2.05, 4.69) is 0 Å². The Labute approximate surface area is 105 Å². The SMILES string of the molecule is CCOP(=O)(O)OC(C)(C(C)(C)C)C(C)(C)C. The maximum atomic E-state index is 11.8. The Bertz CT molecular complexity index is 285. The maximum absolute atomic E-state index is 11.8. The van der Waals surface area contributed by atoms with E-state index in [1.165, 1.54) is 0 Å². The highest BCUT2D eigenvalue weighted by molar-refractivity contribution is 7.47. The van der Waals surface area contributed by atoms with Gasteiger partial charge >= 0.3 is 7.82 Å². The molecule has 4 nitrogen and oxygen atoms in total. The third kappa shape index (κ3) is 4.06. The number of hydrogen-bond donors (Lipinski definition) is 1. The second-order valence-electron chi connectivity index (χ2n) is 6.51. The minimum Gasteiger partial charge on any atom is -0.302 e. The molecule has 0 aromatic rings. The summed E-state index contributed by atoms with van der Waals surface area (Å²) >= 11 is 0. The largest absolute Gasteiger partial charge is 0.472 e. The number of hydrogen-bond acceptors (Lipinski definition) is 3. The third-order valence-electron chi connectivity index (χ3n) is 3.45. The zero-order valence-corrected chi connectivity index (χ0v) is 13.2. The zero-order valence-electron chi connectivity index (χ0n) is 12.3. The Morgan fingerprint density at radius 2 is 1.35 bits per heavy atom. The molecule has 0 aliphatic heterocycles. The van der Waals surface area contributed by atoms with Gasteiger partial charge in [-0.15, -0.1) is 0 Å². The summed E-state index contributed by atoms with van der Waals surface area (Å²) in [4.78, 5) is 9.69. The lowest BCUT2D eigenvalue weighted by molar-refractivity contribution is -0.116. The van der Waals surface area contributed by atoms with Crippen LogP contribution < -0.4 is 0 Å². The molecule has 17 heavy (non-hydrogen) atoms. The smallest absolute Gasteiger partial charge is 0.302 e. The van der Waals surface area contributed by atoms with Crippen LogP contribution in [0, 0.1) is 10.8 Å². The lowest BCUT2D eigenvalue weighted by Crippen LogP contribution is -2.52. The fraction of sp³-hybridized carbons (Fsp3) is 1.00. The minimum atomic E-state index is -4.01. The van der Waals surface area contributed by atoms with E-state index in [-0.39, 0.29) is 17.4 Å². The number of phosphoric acid groups is 1. The van der Waals surface area contributed by atoms with Crippen LogP contribution in [0.4, 0.5) is 0 Å². The van der Waals surface area contributed by atoms with Crippen molar-refractivity contribution >= 4 is 7.82 Å². The summed E-state index contributed by atoms with van der Waals surface area (Å²) in [6.07, 6.45) is 0. The molecule has 1 unspecified atom stereocenters. The van der Waals surface area contributed by atoms with Crippen LogP contribution in [0.5, 0.6) is 0 Å². The van der Waals surface area contributed by atoms with Gasteiger partial charge in [0.1, 0.15) is 0 Å². The highest BCUT2D eigenvalue weighted by atomic mass is 31.2. The van der Waals surface area contributed by atoms with Crippen LogP contribution in [-0.2, 0) is 13.6 Å². The summed E-state index contributed by atoms with van der Waals surface area (Å²) in [5, 5.41) is 0. The Kier molecular flexibility index (Phi) is 5.04. The van der Waals surface area contributed by atoms with Crippen LogP contribution in [0.25, 0.3) is 0 Å². The van der Waals surface area contributed by atoms with Gasteiger partial charge < -0.3 is 4.89 Å². The van der Waals surface area contributed by atoms with Gasteiger partial charge in [-0.1, -0.05) is 41.5 Å². The van der Waals surface area contributed by atoms with Crippen LogP contribution in [0.1, 0.15) is 55.4 Å². The molecule has 0 bridgehead atoms. The van der Waals surface area contributed by atoms with Crippen molar-refractivity contribution in [1.29, 1.82) is 0 Å². The summed E-state index contributed by atoms with van der Waals surface area (Å²) in [7, 11) is -4.01. The lowest BCUT2D eigenvalue weighted by Gasteiger charge is -2.50. The van der Waals surface area contributed by atoms with Crippen molar-refractivity contribution in [2.24, 2.45) is 10.8 Å². The normalized spacial score (nSPS) is 17.9. The molecule has 0 fully saturated rings. The quantitative estimate of drug-likeness (QED) is 0.782. The highest BCUT2D eigenvalue weighted by Gasteiger charge is 2.52. The van der Waals surface area contributed by atoms with E-state index in [9.17, 15) is 9.46 Å². The molecule has 0 spiro atoms. The summed E-state index contributed by atoms with van der Waals surface area (Å²) in [5.41, 5.74) is -1.36. The first-order chi connectivity index (χ1) is 7.27. The lowest BCUT2D eigenvalue weighted by atomic mass is 9.64. The van der Waals surface area contributed by atoms with Gasteiger partial charge in [-0.2, -0.15) is 0 Å². The second-order valence-corrected chi connectivity index (χ2v) is 7.89. The predicted molar refractivity (Wildman–Crippen MR) is 69.9 cm³/mol. The van der Waals surface area contributed by atoms with Crippen molar-refractivity contribution in [1.82, 2.24) is 0 Å². The Morgan fingerprint density at radius 3 is 1.59 bits per heavy atom. The van der Waals surface area contributed by atoms with Crippen LogP contribution in [0.2, 0.25) is 0 Å². The molecule has 1 atom stereocenters. The van der Waals surface area contributed by atoms with Crippen LogP contribution in [0.15, 0.2) is 0 Å². The van der Waals surface area contributed by atoms with Crippen molar-refractivity contribution in [2.45, 2.75) is 61.0 Å². The Balaban J connectivity index is 5.34. The van der Waals surface area contributed by atoms with E-state index in [1.54, 1.807) is 6.92 Å². The molecule has 5 heteroatoms. The molecule has 0 aliphatic carbocycles. The summed E-state index contributed by atoms with van der Waals surface area (Å²) < 4.78 is 22.1. The molecule has 0 aromatic heterocycles. The minimum absolute atomic E-state index is 0.151. The first-order valence-electron chi connectivity index (χ1n) is 5.95. The predicted octanol–water partition coefficient (Wildman–Crippen LogP) is 3.99. The van der Waals surface area contributed by atoms with Gasteiger partial charge in [0.15, 0.2) is 0 Å². The summed E-state index contributed by atoms with van der Waals surface area (Å²) in [6, 6.07) is 0. The van der Waals surface area contributed by atoms with Gasteiger partial charge in [0.05, 0.1) is 12.2 Å². The van der Waals surface area contributed by atoms with E-state index in [0.29, 0.717) is 0 Å². The molecule has 0 amide bonds. The van der Waals surface area contributed by atoms with E-state index < -0.39 is 13.4 Å². The van der Waals surface area contributed by atoms with Crippen molar-refractivity contribution in [2.75, 3.05) is 6.61 Å². The van der Waals surface area contributed by atoms with Crippen LogP contribution in [0.3, 0.4) is 0 Å². The van der Waals surface area contributed by atoms with Crippen molar-refractivity contribution in [3.8, 4) is 0 Å². The van der Waals surface area contributed by atoms with E-state index in [4.69, 9.17) is 9.05 Å². The summed E-state index contributed by atoms with van der Waals surface area (Å²) in [6.45, 7) is 15.6. The average molecular weight is 266 g/mol. The number of rotatable bonds is 4. The maximum Gasteiger partial charge on any atom is 0.472 e. The van der Waals surface area contributed by atoms with Crippen LogP contribution >= 0.6 is 7.82 Å². The van der Waals surface area contributed by atoms with Gasteiger partial charge in [0.2, 0.25) is 0 Å². The molecule has 0 heterocycles. The van der Waals surface area contributed by atoms with Crippen molar-refractivity contribution in [3.05, 3.63) is 0 Å². The van der Waals surface area contributed by atoms with E-state index in [0.717, 1.165) is 0 Å². The van der Waals surface area contributed by atoms with Gasteiger partial charge in [-0.3, -0.25) is 9.05 Å².